The largest absolute Gasteiger partial charge is 0.497 e. The highest BCUT2D eigenvalue weighted by atomic mass is 16.5. The van der Waals surface area contributed by atoms with Crippen LogP contribution >= 0.6 is 0 Å². The van der Waals surface area contributed by atoms with Crippen LogP contribution in [0.25, 0.3) is 5.57 Å². The van der Waals surface area contributed by atoms with E-state index in [1.54, 1.807) is 12.0 Å². The number of rotatable bonds is 4. The van der Waals surface area contributed by atoms with E-state index < -0.39 is 11.1 Å². The summed E-state index contributed by atoms with van der Waals surface area (Å²) < 4.78 is 12.2. The molecular weight excluding hydrogens is 420 g/mol. The Bertz CT molecular complexity index is 1050. The van der Waals surface area contributed by atoms with Gasteiger partial charge in [0.05, 0.1) is 43.5 Å². The normalized spacial score (nSPS) is 31.9. The topological polar surface area (TPSA) is 79.3 Å². The van der Waals surface area contributed by atoms with Crippen LogP contribution in [0.4, 0.5) is 5.69 Å². The zero-order chi connectivity index (χ0) is 23.7. The number of allylic oxidation sites excluding steroid dienone is 1. The Kier molecular flexibility index (Phi) is 5.14. The predicted molar refractivity (Wildman–Crippen MR) is 125 cm³/mol. The van der Waals surface area contributed by atoms with Crippen LogP contribution in [0.5, 0.6) is 5.75 Å². The van der Waals surface area contributed by atoms with Crippen molar-refractivity contribution < 1.29 is 24.2 Å². The molecule has 0 saturated carbocycles. The number of amides is 2. The smallest absolute Gasteiger partial charge is 0.265 e. The van der Waals surface area contributed by atoms with Gasteiger partial charge in [-0.1, -0.05) is 13.0 Å². The molecule has 1 spiro atoms. The van der Waals surface area contributed by atoms with Gasteiger partial charge in [-0.25, -0.2) is 0 Å². The fourth-order valence-electron chi connectivity index (χ4n) is 6.52. The number of nitrogens with zero attached hydrogens (tertiary/aromatic N) is 2. The van der Waals surface area contributed by atoms with Crippen molar-refractivity contribution in [2.75, 3.05) is 25.2 Å². The van der Waals surface area contributed by atoms with E-state index in [4.69, 9.17) is 9.47 Å². The second-order valence-corrected chi connectivity index (χ2v) is 10.6. The van der Waals surface area contributed by atoms with Gasteiger partial charge < -0.3 is 19.5 Å². The first-order valence-corrected chi connectivity index (χ1v) is 12.0. The van der Waals surface area contributed by atoms with E-state index >= 15 is 0 Å². The second-order valence-electron chi connectivity index (χ2n) is 10.6. The lowest BCUT2D eigenvalue weighted by atomic mass is 9.82. The number of hydrogen-bond donors (Lipinski definition) is 1. The summed E-state index contributed by atoms with van der Waals surface area (Å²) >= 11 is 0. The summed E-state index contributed by atoms with van der Waals surface area (Å²) in [7, 11) is 1.63. The van der Waals surface area contributed by atoms with Crippen molar-refractivity contribution in [3.05, 3.63) is 29.3 Å². The molecule has 2 amide bonds. The van der Waals surface area contributed by atoms with Crippen molar-refractivity contribution in [3.8, 4) is 5.75 Å². The number of ether oxygens (including phenoxy) is 2. The number of aliphatic hydroxyl groups excluding tert-OH is 1. The molecule has 4 aliphatic heterocycles. The maximum atomic E-state index is 14.1. The van der Waals surface area contributed by atoms with Crippen molar-refractivity contribution >= 4 is 23.1 Å². The number of methoxy groups -OCH3 is 1. The molecular formula is C26H34N2O5. The lowest BCUT2D eigenvalue weighted by molar-refractivity contribution is -0.150. The molecule has 2 saturated heterocycles. The first-order valence-electron chi connectivity index (χ1n) is 12.0. The van der Waals surface area contributed by atoms with Crippen LogP contribution in [0.2, 0.25) is 0 Å². The van der Waals surface area contributed by atoms with Crippen molar-refractivity contribution in [1.82, 2.24) is 4.90 Å². The number of aliphatic hydroxyl groups is 1. The molecule has 4 heterocycles. The van der Waals surface area contributed by atoms with Gasteiger partial charge in [-0.3, -0.25) is 14.5 Å². The average Bonchev–Trinajstić information content (AvgIpc) is 3.43. The molecule has 5 rings (SSSR count). The molecule has 4 atom stereocenters. The minimum Gasteiger partial charge on any atom is -0.497 e. The molecule has 0 bridgehead atoms. The van der Waals surface area contributed by atoms with Gasteiger partial charge in [-0.05, 0) is 57.7 Å². The Hall–Kier alpha value is -2.38. The third kappa shape index (κ3) is 3.08. The van der Waals surface area contributed by atoms with Crippen LogP contribution in [0.15, 0.2) is 18.2 Å². The summed E-state index contributed by atoms with van der Waals surface area (Å²) in [6.45, 7) is 8.87. The molecule has 2 fully saturated rings. The molecule has 0 aromatic heterocycles. The van der Waals surface area contributed by atoms with Crippen LogP contribution in [0, 0.1) is 5.92 Å². The molecule has 4 aliphatic rings. The van der Waals surface area contributed by atoms with Gasteiger partial charge in [-0.2, -0.15) is 0 Å². The van der Waals surface area contributed by atoms with Gasteiger partial charge in [0.1, 0.15) is 5.75 Å². The Morgan fingerprint density at radius 2 is 2.09 bits per heavy atom. The highest BCUT2D eigenvalue weighted by Gasteiger charge is 2.63. The van der Waals surface area contributed by atoms with Gasteiger partial charge in [-0.15, -0.1) is 0 Å². The average molecular weight is 455 g/mol. The van der Waals surface area contributed by atoms with Crippen molar-refractivity contribution in [2.24, 2.45) is 5.92 Å². The zero-order valence-corrected chi connectivity index (χ0v) is 20.2. The minimum absolute atomic E-state index is 0.00295. The lowest BCUT2D eigenvalue weighted by Crippen LogP contribution is -2.52. The lowest BCUT2D eigenvalue weighted by Gasteiger charge is -2.39. The first kappa shape index (κ1) is 22.4. The molecule has 0 radical (unpaired) electrons. The van der Waals surface area contributed by atoms with Gasteiger partial charge in [0, 0.05) is 23.6 Å². The molecule has 178 valence electrons. The van der Waals surface area contributed by atoms with Crippen molar-refractivity contribution in [1.29, 1.82) is 0 Å². The van der Waals surface area contributed by atoms with Crippen LogP contribution in [0.1, 0.15) is 64.5 Å². The maximum Gasteiger partial charge on any atom is 0.265 e. The van der Waals surface area contributed by atoms with E-state index in [-0.39, 0.29) is 42.9 Å². The first-order chi connectivity index (χ1) is 15.6. The van der Waals surface area contributed by atoms with Crippen LogP contribution < -0.4 is 9.64 Å². The molecule has 1 N–H and O–H groups in total. The molecule has 0 unspecified atom stereocenters. The van der Waals surface area contributed by atoms with E-state index in [1.165, 1.54) is 0 Å². The quantitative estimate of drug-likeness (QED) is 0.756. The summed E-state index contributed by atoms with van der Waals surface area (Å²) in [5, 5.41) is 9.62. The van der Waals surface area contributed by atoms with Crippen molar-refractivity contribution in [2.45, 2.75) is 76.7 Å². The third-order valence-electron chi connectivity index (χ3n) is 8.01. The number of benzene rings is 1. The summed E-state index contributed by atoms with van der Waals surface area (Å²) in [4.78, 5) is 30.8. The SMILES string of the molecule is COc1cc2c3c(c1)[C@@]1(O[C@H](CC(=O)N4CCC[C@H]4CO)C[C@@H]1C)C(=O)N3C(C)(C)C=C2C. The van der Waals surface area contributed by atoms with E-state index in [2.05, 4.69) is 13.0 Å². The number of carbonyl (C=O) groups excluding carboxylic acids is 2. The van der Waals surface area contributed by atoms with Gasteiger partial charge in [0.15, 0.2) is 5.60 Å². The summed E-state index contributed by atoms with van der Waals surface area (Å²) in [5.41, 5.74) is 2.25. The summed E-state index contributed by atoms with van der Waals surface area (Å²) in [6, 6.07) is 3.82. The Balaban J connectivity index is 1.53. The molecule has 7 nitrogen and oxygen atoms in total. The van der Waals surface area contributed by atoms with Gasteiger partial charge in [0.2, 0.25) is 5.91 Å². The molecule has 1 aromatic carbocycles. The van der Waals surface area contributed by atoms with E-state index in [9.17, 15) is 14.7 Å². The number of carbonyl (C=O) groups is 2. The predicted octanol–water partition coefficient (Wildman–Crippen LogP) is 3.23. The summed E-state index contributed by atoms with van der Waals surface area (Å²) in [6.07, 6.45) is 4.37. The van der Waals surface area contributed by atoms with Crippen molar-refractivity contribution in [3.63, 3.8) is 0 Å². The molecule has 0 aliphatic carbocycles. The van der Waals surface area contributed by atoms with E-state index in [0.29, 0.717) is 18.7 Å². The molecule has 7 heteroatoms. The van der Waals surface area contributed by atoms with E-state index in [1.807, 2.05) is 37.8 Å². The number of likely N-dealkylation sites (tertiary alicyclic amines) is 1. The summed E-state index contributed by atoms with van der Waals surface area (Å²) in [5.74, 6) is 0.547. The molecule has 33 heavy (non-hydrogen) atoms. The monoisotopic (exact) mass is 454 g/mol. The number of hydrogen-bond acceptors (Lipinski definition) is 5. The maximum absolute atomic E-state index is 14.1. The Morgan fingerprint density at radius 3 is 2.79 bits per heavy atom. The second kappa shape index (κ2) is 7.57. The van der Waals surface area contributed by atoms with Crippen LogP contribution in [-0.2, 0) is 19.9 Å². The standard InChI is InChI=1S/C26H34N2O5/c1-15-13-25(3,4)28-23-20(15)10-18(32-5)11-21(23)26(24(28)31)16(2)9-19(33-26)12-22(30)27-8-6-7-17(27)14-29/h10-11,13,16-17,19,29H,6-9,12,14H2,1-5H3/t16-,17-,19-,26+/m0/s1. The zero-order valence-electron chi connectivity index (χ0n) is 20.2. The molecule has 1 aromatic rings. The Morgan fingerprint density at radius 1 is 1.33 bits per heavy atom. The highest BCUT2D eigenvalue weighted by Crippen LogP contribution is 2.59. The Labute approximate surface area is 195 Å². The van der Waals surface area contributed by atoms with Gasteiger partial charge >= 0.3 is 0 Å². The van der Waals surface area contributed by atoms with Crippen LogP contribution in [-0.4, -0.2) is 59.8 Å². The van der Waals surface area contributed by atoms with Crippen LogP contribution in [0.3, 0.4) is 0 Å². The highest BCUT2D eigenvalue weighted by molar-refractivity contribution is 6.12. The number of anilines is 1. The minimum atomic E-state index is -1.12. The van der Waals surface area contributed by atoms with E-state index in [0.717, 1.165) is 35.2 Å². The third-order valence-corrected chi connectivity index (χ3v) is 8.01. The fourth-order valence-corrected chi connectivity index (χ4v) is 6.52. The number of fused-ring (bicyclic) bond motifs is 1. The van der Waals surface area contributed by atoms with Gasteiger partial charge in [0.25, 0.3) is 5.91 Å². The fraction of sp³-hybridized carbons (Fsp3) is 0.615.